The predicted molar refractivity (Wildman–Crippen MR) is 103 cm³/mol. The number of ether oxygens (including phenoxy) is 1. The molecule has 0 unspecified atom stereocenters. The van der Waals surface area contributed by atoms with Crippen LogP contribution in [0.5, 0.6) is 0 Å². The quantitative estimate of drug-likeness (QED) is 0.604. The van der Waals surface area contributed by atoms with Crippen molar-refractivity contribution >= 4 is 17.3 Å². The van der Waals surface area contributed by atoms with Crippen molar-refractivity contribution in [2.75, 3.05) is 44.3 Å². The molecule has 8 nitrogen and oxygen atoms in total. The van der Waals surface area contributed by atoms with Crippen LogP contribution >= 0.6 is 0 Å². The van der Waals surface area contributed by atoms with Crippen molar-refractivity contribution in [1.82, 2.24) is 10.2 Å². The molecule has 0 aromatic heterocycles. The molecule has 1 amide bonds. The summed E-state index contributed by atoms with van der Waals surface area (Å²) >= 11 is 0. The molecule has 0 spiro atoms. The van der Waals surface area contributed by atoms with Gasteiger partial charge >= 0.3 is 0 Å². The van der Waals surface area contributed by atoms with Gasteiger partial charge in [-0.1, -0.05) is 0 Å². The zero-order chi connectivity index (χ0) is 19.4. The first-order valence-corrected chi connectivity index (χ1v) is 9.63. The van der Waals surface area contributed by atoms with Crippen molar-refractivity contribution in [3.63, 3.8) is 0 Å². The molecular formula is C19H28N4O4. The Morgan fingerprint density at radius 1 is 1.19 bits per heavy atom. The van der Waals surface area contributed by atoms with Gasteiger partial charge in [0, 0.05) is 49.9 Å². The van der Waals surface area contributed by atoms with Crippen LogP contribution in [0.25, 0.3) is 0 Å². The second kappa shape index (κ2) is 8.67. The Hall–Kier alpha value is -2.19. The van der Waals surface area contributed by atoms with Crippen LogP contribution < -0.4 is 10.2 Å². The molecule has 0 bridgehead atoms. The topological polar surface area (TPSA) is 88.0 Å². The number of carbonyl (C=O) groups excluding carboxylic acids is 1. The molecule has 27 heavy (non-hydrogen) atoms. The van der Waals surface area contributed by atoms with Crippen molar-refractivity contribution < 1.29 is 14.5 Å². The number of hydrogen-bond donors (Lipinski definition) is 1. The maximum atomic E-state index is 12.7. The minimum atomic E-state index is -0.399. The lowest BCUT2D eigenvalue weighted by atomic mass is 10.1. The number of carbonyl (C=O) groups is 1. The van der Waals surface area contributed by atoms with Gasteiger partial charge in [0.05, 0.1) is 18.1 Å². The number of rotatable bonds is 6. The van der Waals surface area contributed by atoms with Gasteiger partial charge in [-0.05, 0) is 38.8 Å². The van der Waals surface area contributed by atoms with Crippen LogP contribution in [-0.4, -0.2) is 67.2 Å². The minimum absolute atomic E-state index is 0.00145. The van der Waals surface area contributed by atoms with E-state index >= 15 is 0 Å². The predicted octanol–water partition coefficient (Wildman–Crippen LogP) is 2.03. The number of nitro benzene ring substituents is 1. The number of benzene rings is 1. The molecule has 0 saturated carbocycles. The second-order valence-electron chi connectivity index (χ2n) is 7.31. The minimum Gasteiger partial charge on any atom is -0.379 e. The van der Waals surface area contributed by atoms with Gasteiger partial charge in [-0.25, -0.2) is 0 Å². The molecule has 8 heteroatoms. The van der Waals surface area contributed by atoms with Gasteiger partial charge in [-0.3, -0.25) is 19.8 Å². The van der Waals surface area contributed by atoms with E-state index in [9.17, 15) is 14.9 Å². The van der Waals surface area contributed by atoms with Crippen LogP contribution in [0.1, 0.15) is 37.0 Å². The van der Waals surface area contributed by atoms with Crippen molar-refractivity contribution in [2.24, 2.45) is 0 Å². The van der Waals surface area contributed by atoms with Gasteiger partial charge in [0.1, 0.15) is 5.69 Å². The molecule has 2 aliphatic rings. The lowest BCUT2D eigenvalue weighted by Gasteiger charge is -2.35. The summed E-state index contributed by atoms with van der Waals surface area (Å²) in [6, 6.07) is 4.87. The Morgan fingerprint density at radius 3 is 2.48 bits per heavy atom. The first-order valence-electron chi connectivity index (χ1n) is 9.63. The van der Waals surface area contributed by atoms with Crippen LogP contribution in [0.4, 0.5) is 11.4 Å². The molecule has 2 saturated heterocycles. The van der Waals surface area contributed by atoms with Crippen molar-refractivity contribution in [2.45, 2.75) is 38.8 Å². The molecule has 1 N–H and O–H groups in total. The second-order valence-corrected chi connectivity index (χ2v) is 7.31. The molecule has 1 aromatic carbocycles. The lowest BCUT2D eigenvalue weighted by Crippen LogP contribution is -2.52. The highest BCUT2D eigenvalue weighted by Gasteiger charge is 2.26. The van der Waals surface area contributed by atoms with E-state index < -0.39 is 4.92 Å². The zero-order valence-electron chi connectivity index (χ0n) is 16.0. The molecule has 1 aromatic rings. The third kappa shape index (κ3) is 4.56. The number of nitro groups is 1. The largest absolute Gasteiger partial charge is 0.379 e. The van der Waals surface area contributed by atoms with Crippen LogP contribution in [-0.2, 0) is 4.74 Å². The van der Waals surface area contributed by atoms with E-state index in [0.29, 0.717) is 24.5 Å². The van der Waals surface area contributed by atoms with Gasteiger partial charge in [-0.15, -0.1) is 0 Å². The standard InChI is InChI=1S/C19H28N4O4/c1-14(15(2)21-9-11-27-12-10-21)20-19(24)16-5-6-17(18(13-16)23(25)26)22-7-3-4-8-22/h5-6,13-15H,3-4,7-12H2,1-2H3,(H,20,24)/t14-,15-/m0/s1. The maximum Gasteiger partial charge on any atom is 0.293 e. The first-order chi connectivity index (χ1) is 13.0. The van der Waals surface area contributed by atoms with Crippen LogP contribution in [0.15, 0.2) is 18.2 Å². The summed E-state index contributed by atoms with van der Waals surface area (Å²) in [5, 5.41) is 14.5. The van der Waals surface area contributed by atoms with E-state index in [-0.39, 0.29) is 23.7 Å². The number of hydrogen-bond acceptors (Lipinski definition) is 6. The SMILES string of the molecule is C[C@H](NC(=O)c1ccc(N2CCCC2)c([N+](=O)[O-])c1)[C@H](C)N1CCOCC1. The van der Waals surface area contributed by atoms with Crippen LogP contribution in [0.3, 0.4) is 0 Å². The average Bonchev–Trinajstić information content (AvgIpc) is 3.22. The Bertz CT molecular complexity index is 684. The van der Waals surface area contributed by atoms with Gasteiger partial charge in [0.2, 0.25) is 0 Å². The fraction of sp³-hybridized carbons (Fsp3) is 0.632. The maximum absolute atomic E-state index is 12.7. The zero-order valence-corrected chi connectivity index (χ0v) is 16.0. The van der Waals surface area contributed by atoms with Gasteiger partial charge in [-0.2, -0.15) is 0 Å². The van der Waals surface area contributed by atoms with Crippen LogP contribution in [0.2, 0.25) is 0 Å². The molecule has 2 atom stereocenters. The normalized spacial score (nSPS) is 20.3. The number of amides is 1. The smallest absolute Gasteiger partial charge is 0.293 e. The molecule has 148 valence electrons. The Balaban J connectivity index is 1.70. The summed E-state index contributed by atoms with van der Waals surface area (Å²) in [5.74, 6) is -0.279. The number of nitrogens with zero attached hydrogens (tertiary/aromatic N) is 3. The van der Waals surface area contributed by atoms with E-state index in [2.05, 4.69) is 17.1 Å². The van der Waals surface area contributed by atoms with Gasteiger partial charge < -0.3 is 15.0 Å². The average molecular weight is 376 g/mol. The molecular weight excluding hydrogens is 348 g/mol. The van der Waals surface area contributed by atoms with Crippen molar-refractivity contribution in [3.05, 3.63) is 33.9 Å². The van der Waals surface area contributed by atoms with Gasteiger partial charge in [0.15, 0.2) is 0 Å². The summed E-state index contributed by atoms with van der Waals surface area (Å²) in [6.07, 6.45) is 2.08. The summed E-state index contributed by atoms with van der Waals surface area (Å²) in [6.45, 7) is 8.78. The Morgan fingerprint density at radius 2 is 1.85 bits per heavy atom. The van der Waals surface area contributed by atoms with E-state index in [0.717, 1.165) is 39.0 Å². The number of anilines is 1. The third-order valence-corrected chi connectivity index (χ3v) is 5.59. The molecule has 0 aliphatic carbocycles. The van der Waals surface area contributed by atoms with Crippen molar-refractivity contribution in [1.29, 1.82) is 0 Å². The Kier molecular flexibility index (Phi) is 6.28. The highest BCUT2D eigenvalue weighted by molar-refractivity contribution is 5.96. The molecule has 2 aliphatic heterocycles. The summed E-state index contributed by atoms with van der Waals surface area (Å²) in [7, 11) is 0. The number of nitrogens with one attached hydrogen (secondary N) is 1. The molecule has 2 heterocycles. The van der Waals surface area contributed by atoms with E-state index in [1.165, 1.54) is 6.07 Å². The fourth-order valence-electron chi connectivity index (χ4n) is 3.75. The van der Waals surface area contributed by atoms with Crippen LogP contribution in [0, 0.1) is 10.1 Å². The monoisotopic (exact) mass is 376 g/mol. The first kappa shape index (κ1) is 19.6. The summed E-state index contributed by atoms with van der Waals surface area (Å²) in [4.78, 5) is 28.1. The fourth-order valence-corrected chi connectivity index (χ4v) is 3.75. The van der Waals surface area contributed by atoms with E-state index in [4.69, 9.17) is 4.74 Å². The molecule has 3 rings (SSSR count). The lowest BCUT2D eigenvalue weighted by molar-refractivity contribution is -0.384. The third-order valence-electron chi connectivity index (χ3n) is 5.59. The summed E-state index contributed by atoms with van der Waals surface area (Å²) < 4.78 is 5.37. The molecule has 2 fully saturated rings. The highest BCUT2D eigenvalue weighted by Crippen LogP contribution is 2.31. The van der Waals surface area contributed by atoms with E-state index in [1.54, 1.807) is 12.1 Å². The van der Waals surface area contributed by atoms with Gasteiger partial charge in [0.25, 0.3) is 11.6 Å². The highest BCUT2D eigenvalue weighted by atomic mass is 16.6. The Labute approximate surface area is 159 Å². The summed E-state index contributed by atoms with van der Waals surface area (Å²) in [5.41, 5.74) is 0.924. The number of morpholine rings is 1. The van der Waals surface area contributed by atoms with E-state index in [1.807, 2.05) is 11.8 Å². The molecule has 0 radical (unpaired) electrons. The van der Waals surface area contributed by atoms with Crippen molar-refractivity contribution in [3.8, 4) is 0 Å².